The van der Waals surface area contributed by atoms with Gasteiger partial charge in [0.15, 0.2) is 0 Å². The lowest BCUT2D eigenvalue weighted by Gasteiger charge is -2.20. The number of amides is 2. The van der Waals surface area contributed by atoms with Crippen molar-refractivity contribution in [3.05, 3.63) is 34.9 Å². The lowest BCUT2D eigenvalue weighted by molar-refractivity contribution is 0.0668. The lowest BCUT2D eigenvalue weighted by atomic mass is 10.2. The predicted molar refractivity (Wildman–Crippen MR) is 82.0 cm³/mol. The Balaban J connectivity index is 2.35. The predicted octanol–water partition coefficient (Wildman–Crippen LogP) is 3.30. The van der Waals surface area contributed by atoms with Gasteiger partial charge >= 0.3 is 6.03 Å². The molecule has 0 aromatic heterocycles. The number of urea groups is 1. The maximum absolute atomic E-state index is 11.9. The fourth-order valence-electron chi connectivity index (χ4n) is 1.72. The van der Waals surface area contributed by atoms with Crippen molar-refractivity contribution >= 4 is 17.6 Å². The van der Waals surface area contributed by atoms with E-state index in [9.17, 15) is 4.79 Å². The highest BCUT2D eigenvalue weighted by Crippen LogP contribution is 2.12. The molecule has 112 valence electrons. The standard InChI is InChI=1S/C15H23ClN2O2/c1-4-8-20-12(2)10-17-15(19)18(3)11-13-6-5-7-14(16)9-13/h5-7,9,12H,4,8,10-11H2,1-3H3,(H,17,19). The van der Waals surface area contributed by atoms with Gasteiger partial charge in [-0.05, 0) is 31.0 Å². The van der Waals surface area contributed by atoms with Crippen molar-refractivity contribution in [2.24, 2.45) is 0 Å². The van der Waals surface area contributed by atoms with Crippen molar-refractivity contribution in [2.45, 2.75) is 32.9 Å². The average Bonchev–Trinajstić information content (AvgIpc) is 2.42. The number of nitrogens with one attached hydrogen (secondary N) is 1. The first-order chi connectivity index (χ1) is 9.52. The zero-order valence-electron chi connectivity index (χ0n) is 12.4. The number of benzene rings is 1. The zero-order chi connectivity index (χ0) is 15.0. The topological polar surface area (TPSA) is 41.6 Å². The van der Waals surface area contributed by atoms with Crippen molar-refractivity contribution in [3.63, 3.8) is 0 Å². The van der Waals surface area contributed by atoms with Crippen molar-refractivity contribution in [1.82, 2.24) is 10.2 Å². The van der Waals surface area contributed by atoms with Crippen LogP contribution in [0, 0.1) is 0 Å². The van der Waals surface area contributed by atoms with Crippen LogP contribution in [0.2, 0.25) is 5.02 Å². The number of carbonyl (C=O) groups excluding carboxylic acids is 1. The summed E-state index contributed by atoms with van der Waals surface area (Å²) in [6.07, 6.45) is 1.01. The molecule has 0 heterocycles. The van der Waals surface area contributed by atoms with Gasteiger partial charge in [0, 0.05) is 31.8 Å². The zero-order valence-corrected chi connectivity index (χ0v) is 13.1. The molecule has 2 amide bonds. The van der Waals surface area contributed by atoms with Gasteiger partial charge in [-0.15, -0.1) is 0 Å². The Hall–Kier alpha value is -1.26. The van der Waals surface area contributed by atoms with E-state index in [1.165, 1.54) is 0 Å². The summed E-state index contributed by atoms with van der Waals surface area (Å²) in [7, 11) is 1.76. The molecule has 5 heteroatoms. The minimum absolute atomic E-state index is 0.0264. The summed E-state index contributed by atoms with van der Waals surface area (Å²) in [6.45, 7) is 5.77. The van der Waals surface area contributed by atoms with Gasteiger partial charge in [-0.2, -0.15) is 0 Å². The van der Waals surface area contributed by atoms with E-state index in [0.717, 1.165) is 18.6 Å². The number of nitrogens with zero attached hydrogens (tertiary/aromatic N) is 1. The molecular weight excluding hydrogens is 276 g/mol. The Kier molecular flexibility index (Phi) is 7.41. The molecule has 1 rings (SSSR count). The van der Waals surface area contributed by atoms with Gasteiger partial charge in [-0.1, -0.05) is 30.7 Å². The summed E-state index contributed by atoms with van der Waals surface area (Å²) in [4.78, 5) is 13.6. The summed E-state index contributed by atoms with van der Waals surface area (Å²) in [5.74, 6) is 0. The third-order valence-electron chi connectivity index (χ3n) is 2.80. The first-order valence-corrected chi connectivity index (χ1v) is 7.25. The van der Waals surface area contributed by atoms with E-state index in [-0.39, 0.29) is 12.1 Å². The van der Waals surface area contributed by atoms with E-state index in [0.29, 0.717) is 18.1 Å². The van der Waals surface area contributed by atoms with Crippen molar-refractivity contribution in [1.29, 1.82) is 0 Å². The third-order valence-corrected chi connectivity index (χ3v) is 3.04. The second kappa shape index (κ2) is 8.82. The molecule has 1 atom stereocenters. The Morgan fingerprint density at radius 3 is 2.90 bits per heavy atom. The Morgan fingerprint density at radius 1 is 1.50 bits per heavy atom. The summed E-state index contributed by atoms with van der Waals surface area (Å²) < 4.78 is 5.50. The van der Waals surface area contributed by atoms with Crippen LogP contribution in [0.4, 0.5) is 4.79 Å². The van der Waals surface area contributed by atoms with Crippen molar-refractivity contribution in [2.75, 3.05) is 20.2 Å². The fourth-order valence-corrected chi connectivity index (χ4v) is 1.94. The number of carbonyl (C=O) groups is 1. The van der Waals surface area contributed by atoms with E-state index >= 15 is 0 Å². The van der Waals surface area contributed by atoms with Gasteiger partial charge in [0.25, 0.3) is 0 Å². The van der Waals surface area contributed by atoms with Crippen LogP contribution < -0.4 is 5.32 Å². The molecule has 20 heavy (non-hydrogen) atoms. The molecule has 0 aliphatic heterocycles. The first-order valence-electron chi connectivity index (χ1n) is 6.88. The number of halogens is 1. The van der Waals surface area contributed by atoms with Crippen LogP contribution in [0.3, 0.4) is 0 Å². The smallest absolute Gasteiger partial charge is 0.317 e. The lowest BCUT2D eigenvalue weighted by Crippen LogP contribution is -2.40. The summed E-state index contributed by atoms with van der Waals surface area (Å²) in [5, 5.41) is 3.53. The van der Waals surface area contributed by atoms with Crippen molar-refractivity contribution < 1.29 is 9.53 Å². The molecule has 0 spiro atoms. The maximum Gasteiger partial charge on any atom is 0.317 e. The summed E-state index contributed by atoms with van der Waals surface area (Å²) in [5.41, 5.74) is 1.01. The Labute approximate surface area is 126 Å². The third kappa shape index (κ3) is 6.26. The van der Waals surface area contributed by atoms with E-state index in [4.69, 9.17) is 16.3 Å². The van der Waals surface area contributed by atoms with E-state index in [2.05, 4.69) is 12.2 Å². The molecule has 4 nitrogen and oxygen atoms in total. The molecule has 1 aromatic rings. The summed E-state index contributed by atoms with van der Waals surface area (Å²) in [6, 6.07) is 7.39. The van der Waals surface area contributed by atoms with Gasteiger partial charge in [0.05, 0.1) is 6.10 Å². The second-order valence-electron chi connectivity index (χ2n) is 4.85. The van der Waals surface area contributed by atoms with E-state index < -0.39 is 0 Å². The normalized spacial score (nSPS) is 12.0. The highest BCUT2D eigenvalue weighted by Gasteiger charge is 2.10. The molecule has 0 saturated heterocycles. The van der Waals surface area contributed by atoms with Gasteiger partial charge in [-0.3, -0.25) is 0 Å². The van der Waals surface area contributed by atoms with Crippen LogP contribution in [-0.4, -0.2) is 37.2 Å². The molecule has 0 aliphatic carbocycles. The quantitative estimate of drug-likeness (QED) is 0.839. The van der Waals surface area contributed by atoms with Crippen LogP contribution in [-0.2, 0) is 11.3 Å². The number of hydrogen-bond acceptors (Lipinski definition) is 2. The van der Waals surface area contributed by atoms with Crippen molar-refractivity contribution in [3.8, 4) is 0 Å². The SMILES string of the molecule is CCCOC(C)CNC(=O)N(C)Cc1cccc(Cl)c1. The van der Waals surface area contributed by atoms with Crippen LogP contribution in [0.1, 0.15) is 25.8 Å². The number of hydrogen-bond donors (Lipinski definition) is 1. The van der Waals surface area contributed by atoms with Crippen LogP contribution in [0.15, 0.2) is 24.3 Å². The molecule has 0 aliphatic rings. The molecule has 0 saturated carbocycles. The van der Waals surface area contributed by atoms with Crippen LogP contribution in [0.25, 0.3) is 0 Å². The van der Waals surface area contributed by atoms with Gasteiger partial charge in [0.2, 0.25) is 0 Å². The molecule has 0 bridgehead atoms. The average molecular weight is 299 g/mol. The highest BCUT2D eigenvalue weighted by molar-refractivity contribution is 6.30. The minimum atomic E-state index is -0.114. The molecule has 0 fully saturated rings. The highest BCUT2D eigenvalue weighted by atomic mass is 35.5. The number of ether oxygens (including phenoxy) is 1. The van der Waals surface area contributed by atoms with Crippen LogP contribution >= 0.6 is 11.6 Å². The van der Waals surface area contributed by atoms with E-state index in [1.807, 2.05) is 31.2 Å². The van der Waals surface area contributed by atoms with Gasteiger partial charge < -0.3 is 15.0 Å². The fraction of sp³-hybridized carbons (Fsp3) is 0.533. The first kappa shape index (κ1) is 16.8. The molecular formula is C15H23ClN2O2. The summed E-state index contributed by atoms with van der Waals surface area (Å²) >= 11 is 5.92. The van der Waals surface area contributed by atoms with Gasteiger partial charge in [0.1, 0.15) is 0 Å². The monoisotopic (exact) mass is 298 g/mol. The van der Waals surface area contributed by atoms with E-state index in [1.54, 1.807) is 11.9 Å². The Bertz CT molecular complexity index is 426. The molecule has 0 radical (unpaired) electrons. The van der Waals surface area contributed by atoms with Gasteiger partial charge in [-0.25, -0.2) is 4.79 Å². The number of rotatable bonds is 7. The molecule has 1 unspecified atom stereocenters. The Morgan fingerprint density at radius 2 is 2.25 bits per heavy atom. The largest absolute Gasteiger partial charge is 0.377 e. The van der Waals surface area contributed by atoms with Crippen LogP contribution in [0.5, 0.6) is 0 Å². The second-order valence-corrected chi connectivity index (χ2v) is 5.29. The molecule has 1 N–H and O–H groups in total. The minimum Gasteiger partial charge on any atom is -0.377 e. The maximum atomic E-state index is 11.9. The molecule has 1 aromatic carbocycles.